The lowest BCUT2D eigenvalue weighted by Gasteiger charge is -2.30. The summed E-state index contributed by atoms with van der Waals surface area (Å²) in [7, 11) is 0. The summed E-state index contributed by atoms with van der Waals surface area (Å²) in [6, 6.07) is 19.4. The number of carbonyl (C=O) groups excluding carboxylic acids is 3. The number of carbonyl (C=O) groups is 3. The molecule has 4 aromatic rings. The number of thioether (sulfide) groups is 1. The Morgan fingerprint density at radius 2 is 1.63 bits per heavy atom. The summed E-state index contributed by atoms with van der Waals surface area (Å²) in [5.41, 5.74) is 1.09. The van der Waals surface area contributed by atoms with E-state index in [0.29, 0.717) is 21.2 Å². The number of benzene rings is 3. The van der Waals surface area contributed by atoms with Gasteiger partial charge < -0.3 is 5.32 Å². The summed E-state index contributed by atoms with van der Waals surface area (Å²) in [5, 5.41) is 13.3. The molecule has 41 heavy (non-hydrogen) atoms. The summed E-state index contributed by atoms with van der Waals surface area (Å²) >= 11 is 1.92. The number of nitrogens with one attached hydrogen (secondary N) is 1. The maximum atomic E-state index is 13.8. The summed E-state index contributed by atoms with van der Waals surface area (Å²) in [4.78, 5) is 65.2. The highest BCUT2D eigenvalue weighted by Gasteiger charge is 2.56. The monoisotopic (exact) mass is 590 g/mol. The molecule has 0 spiro atoms. The number of hydrogen-bond acceptors (Lipinski definition) is 8. The molecule has 6 rings (SSSR count). The maximum absolute atomic E-state index is 13.8. The summed E-state index contributed by atoms with van der Waals surface area (Å²) in [6.45, 7) is -0.311. The molecule has 2 aliphatic rings. The summed E-state index contributed by atoms with van der Waals surface area (Å²) in [6.07, 6.45) is 0. The predicted octanol–water partition coefficient (Wildman–Crippen LogP) is 4.39. The number of thiazole rings is 1. The number of hydrogen-bond donors (Lipinski definition) is 1. The number of para-hydroxylation sites is 1. The van der Waals surface area contributed by atoms with Crippen molar-refractivity contribution in [2.75, 3.05) is 10.2 Å². The number of aromatic nitrogens is 1. The van der Waals surface area contributed by atoms with Crippen LogP contribution in [0.5, 0.6) is 0 Å². The summed E-state index contributed by atoms with van der Waals surface area (Å²) in [5.74, 6) is -3.69. The van der Waals surface area contributed by atoms with E-state index in [0.717, 1.165) is 28.0 Å². The quantitative estimate of drug-likeness (QED) is 0.200. The Morgan fingerprint density at radius 1 is 0.951 bits per heavy atom. The van der Waals surface area contributed by atoms with Gasteiger partial charge in [-0.3, -0.25) is 33.9 Å². The number of nitro benzene ring substituents is 1. The molecule has 0 saturated carbocycles. The minimum atomic E-state index is -0.947. The van der Waals surface area contributed by atoms with Gasteiger partial charge in [-0.05, 0) is 42.0 Å². The van der Waals surface area contributed by atoms with Crippen LogP contribution in [-0.2, 0) is 20.9 Å². The molecule has 1 N–H and O–H groups in total. The minimum absolute atomic E-state index is 0.182. The third-order valence-corrected chi connectivity index (χ3v) is 9.56. The molecule has 3 heterocycles. The molecule has 2 aliphatic heterocycles. The minimum Gasteiger partial charge on any atom is -0.325 e. The molecule has 3 atom stereocenters. The highest BCUT2D eigenvalue weighted by molar-refractivity contribution is 8.00. The highest BCUT2D eigenvalue weighted by atomic mass is 32.2. The molecule has 1 saturated heterocycles. The van der Waals surface area contributed by atoms with Crippen LogP contribution in [-0.4, -0.2) is 32.5 Å². The zero-order valence-corrected chi connectivity index (χ0v) is 22.6. The molecule has 2 unspecified atom stereocenters. The van der Waals surface area contributed by atoms with Gasteiger partial charge in [-0.1, -0.05) is 53.4 Å². The van der Waals surface area contributed by atoms with Crippen LogP contribution >= 0.6 is 23.1 Å². The zero-order valence-electron chi connectivity index (χ0n) is 20.9. The normalized spacial score (nSPS) is 19.5. The lowest BCUT2D eigenvalue weighted by molar-refractivity contribution is -0.384. The standard InChI is InChI=1S/C28H19FN4O6S2/c29-16-8-6-15(7-9-16)21-22-23(26(36)32(25(22)35)18-10-12-19(13-11-18)33(38)39)40-27-24(21)41-28(37)31(27)14-20(34)30-17-4-2-1-3-5-17/h1-13,21-23H,14H2,(H,30,34)/t21-,22?,23?/m0/s1. The lowest BCUT2D eigenvalue weighted by Crippen LogP contribution is -2.33. The number of nitro groups is 1. The van der Waals surface area contributed by atoms with Crippen LogP contribution in [0.4, 0.5) is 21.5 Å². The molecular weight excluding hydrogens is 571 g/mol. The number of amides is 3. The Kier molecular flexibility index (Phi) is 6.75. The van der Waals surface area contributed by atoms with Crippen molar-refractivity contribution in [1.29, 1.82) is 0 Å². The van der Waals surface area contributed by atoms with Crippen molar-refractivity contribution in [2.45, 2.75) is 22.7 Å². The number of fused-ring (bicyclic) bond motifs is 2. The Balaban J connectivity index is 1.40. The van der Waals surface area contributed by atoms with Gasteiger partial charge in [0.25, 0.3) is 5.69 Å². The van der Waals surface area contributed by atoms with Crippen molar-refractivity contribution in [3.8, 4) is 0 Å². The van der Waals surface area contributed by atoms with E-state index in [-0.39, 0.29) is 17.9 Å². The van der Waals surface area contributed by atoms with Crippen LogP contribution in [0.25, 0.3) is 0 Å². The first-order chi connectivity index (χ1) is 19.7. The molecule has 0 bridgehead atoms. The van der Waals surface area contributed by atoms with Crippen LogP contribution in [0.2, 0.25) is 0 Å². The van der Waals surface area contributed by atoms with E-state index in [1.165, 1.54) is 53.1 Å². The number of nitrogens with zero attached hydrogens (tertiary/aromatic N) is 3. The van der Waals surface area contributed by atoms with Crippen LogP contribution in [0.3, 0.4) is 0 Å². The second-order valence-electron chi connectivity index (χ2n) is 9.42. The fraction of sp³-hybridized carbons (Fsp3) is 0.143. The number of rotatable bonds is 6. The van der Waals surface area contributed by atoms with Gasteiger partial charge in [-0.2, -0.15) is 0 Å². The second kappa shape index (κ2) is 10.4. The van der Waals surface area contributed by atoms with E-state index in [9.17, 15) is 33.7 Å². The van der Waals surface area contributed by atoms with Gasteiger partial charge in [0.05, 0.1) is 21.6 Å². The fourth-order valence-electron chi connectivity index (χ4n) is 5.13. The Morgan fingerprint density at radius 3 is 2.29 bits per heavy atom. The van der Waals surface area contributed by atoms with Gasteiger partial charge in [-0.25, -0.2) is 9.29 Å². The van der Waals surface area contributed by atoms with E-state index in [4.69, 9.17) is 0 Å². The van der Waals surface area contributed by atoms with Gasteiger partial charge in [0, 0.05) is 28.6 Å². The molecule has 206 valence electrons. The number of anilines is 2. The van der Waals surface area contributed by atoms with E-state index in [2.05, 4.69) is 5.32 Å². The van der Waals surface area contributed by atoms with Gasteiger partial charge in [0.2, 0.25) is 17.7 Å². The van der Waals surface area contributed by atoms with E-state index in [1.54, 1.807) is 30.3 Å². The molecule has 13 heteroatoms. The van der Waals surface area contributed by atoms with E-state index >= 15 is 0 Å². The second-order valence-corrected chi connectivity index (χ2v) is 11.5. The Bertz CT molecular complexity index is 1760. The van der Waals surface area contributed by atoms with Gasteiger partial charge >= 0.3 is 4.87 Å². The fourth-order valence-corrected chi connectivity index (χ4v) is 7.90. The third kappa shape index (κ3) is 4.72. The first kappa shape index (κ1) is 26.6. The number of non-ortho nitro benzene ring substituents is 1. The Hall–Kier alpha value is -4.62. The predicted molar refractivity (Wildman–Crippen MR) is 151 cm³/mol. The molecule has 3 amide bonds. The van der Waals surface area contributed by atoms with Crippen LogP contribution in [0, 0.1) is 21.8 Å². The van der Waals surface area contributed by atoms with Gasteiger partial charge in [0.15, 0.2) is 0 Å². The Labute approximate surface area is 239 Å². The smallest absolute Gasteiger partial charge is 0.308 e. The van der Waals surface area contributed by atoms with Crippen molar-refractivity contribution in [2.24, 2.45) is 5.92 Å². The molecule has 0 aliphatic carbocycles. The van der Waals surface area contributed by atoms with Crippen LogP contribution in [0.1, 0.15) is 16.4 Å². The molecule has 1 aromatic heterocycles. The van der Waals surface area contributed by atoms with Gasteiger partial charge in [-0.15, -0.1) is 0 Å². The third-order valence-electron chi connectivity index (χ3n) is 6.96. The van der Waals surface area contributed by atoms with Crippen LogP contribution < -0.4 is 15.1 Å². The molecular formula is C28H19FN4O6S2. The molecule has 3 aromatic carbocycles. The highest BCUT2D eigenvalue weighted by Crippen LogP contribution is 2.53. The molecule has 1 fully saturated rings. The topological polar surface area (TPSA) is 132 Å². The first-order valence-corrected chi connectivity index (χ1v) is 14.1. The van der Waals surface area contributed by atoms with E-state index in [1.807, 2.05) is 0 Å². The average molecular weight is 591 g/mol. The van der Waals surface area contributed by atoms with Gasteiger partial charge in [0.1, 0.15) is 17.6 Å². The average Bonchev–Trinajstić information content (AvgIpc) is 3.40. The van der Waals surface area contributed by atoms with Crippen LogP contribution in [0.15, 0.2) is 88.7 Å². The first-order valence-electron chi connectivity index (χ1n) is 12.4. The van der Waals surface area contributed by atoms with Crippen molar-refractivity contribution in [3.63, 3.8) is 0 Å². The van der Waals surface area contributed by atoms with Crippen molar-refractivity contribution in [1.82, 2.24) is 4.57 Å². The van der Waals surface area contributed by atoms with Crippen molar-refractivity contribution in [3.05, 3.63) is 115 Å². The molecule has 0 radical (unpaired) electrons. The largest absolute Gasteiger partial charge is 0.325 e. The molecule has 10 nitrogen and oxygen atoms in total. The van der Waals surface area contributed by atoms with E-state index < -0.39 is 50.4 Å². The number of halogens is 1. The maximum Gasteiger partial charge on any atom is 0.308 e. The zero-order chi connectivity index (χ0) is 28.8. The summed E-state index contributed by atoms with van der Waals surface area (Å²) < 4.78 is 15.1. The number of imide groups is 1. The van der Waals surface area contributed by atoms with Crippen molar-refractivity contribution >= 4 is 57.9 Å². The lowest BCUT2D eigenvalue weighted by atomic mass is 9.83. The SMILES string of the molecule is O=C(Cn1c2c(sc1=O)[C@@H](c1ccc(F)cc1)C1C(=O)N(c3ccc([N+](=O)[O-])cc3)C(=O)C1S2)Nc1ccccc1. The van der Waals surface area contributed by atoms with Crippen molar-refractivity contribution < 1.29 is 23.7 Å².